The smallest absolute Gasteiger partial charge is 0.327 e. The van der Waals surface area contributed by atoms with Gasteiger partial charge in [0, 0.05) is 25.2 Å². The van der Waals surface area contributed by atoms with Gasteiger partial charge in [0.25, 0.3) is 11.8 Å². The van der Waals surface area contributed by atoms with Crippen LogP contribution in [0, 0.1) is 12.3 Å². The van der Waals surface area contributed by atoms with Crippen LogP contribution in [0.1, 0.15) is 34.7 Å². The van der Waals surface area contributed by atoms with Crippen LogP contribution in [0.4, 0.5) is 0 Å². The first-order chi connectivity index (χ1) is 18.0. The number of phenolic OH excluding ortho intramolecular Hbond substituents is 1. The monoisotopic (exact) mass is 518 g/mol. The van der Waals surface area contributed by atoms with Gasteiger partial charge in [0.05, 0.1) is 0 Å². The topological polar surface area (TPSA) is 196 Å². The Balaban J connectivity index is 1.86. The molecule has 0 saturated carbocycles. The summed E-state index contributed by atoms with van der Waals surface area (Å²) in [5.41, 5.74) is 12.2. The number of imidazole rings is 1. The Morgan fingerprint density at radius 1 is 1.05 bits per heavy atom. The van der Waals surface area contributed by atoms with Crippen LogP contribution in [0.3, 0.4) is 0 Å². The van der Waals surface area contributed by atoms with Gasteiger partial charge in [-0.05, 0) is 50.2 Å². The fourth-order valence-electron chi connectivity index (χ4n) is 3.67. The Morgan fingerprint density at radius 2 is 1.79 bits per heavy atom. The van der Waals surface area contributed by atoms with Crippen LogP contribution in [0.5, 0.6) is 29.1 Å². The number of hydrogen-bond acceptors (Lipinski definition) is 9. The first kappa shape index (κ1) is 25.9. The normalized spacial score (nSPS) is 11.7. The van der Waals surface area contributed by atoms with Gasteiger partial charge in [-0.15, -0.1) is 0 Å². The number of amidine groups is 1. The zero-order valence-electron chi connectivity index (χ0n) is 21.1. The van der Waals surface area contributed by atoms with Crippen LogP contribution in [0.2, 0.25) is 0 Å². The third-order valence-electron chi connectivity index (χ3n) is 5.64. The van der Waals surface area contributed by atoms with Gasteiger partial charge in [0.1, 0.15) is 23.5 Å². The summed E-state index contributed by atoms with van der Waals surface area (Å²) in [7, 11) is 3.28. The molecule has 38 heavy (non-hydrogen) atoms. The van der Waals surface area contributed by atoms with Crippen molar-refractivity contribution >= 4 is 28.8 Å². The Labute approximate surface area is 217 Å². The lowest BCUT2D eigenvalue weighted by atomic mass is 10.2. The Morgan fingerprint density at radius 3 is 2.45 bits per heavy atom. The Hall–Kier alpha value is -5.20. The number of phenols is 1. The number of aromatic nitrogens is 4. The summed E-state index contributed by atoms with van der Waals surface area (Å²) in [5, 5.41) is 18.0. The van der Waals surface area contributed by atoms with Gasteiger partial charge in [-0.25, -0.2) is 4.98 Å². The summed E-state index contributed by atoms with van der Waals surface area (Å²) in [6.07, 6.45) is 0. The SMILES string of the molecule is Cc1nc2c(Oc3cccc(C(=O)N(C)C)c3)nc(Oc3cc(C(=N)N)ccc3O)nc2n1C(C)C(N)=O. The molecule has 196 valence electrons. The molecule has 4 aromatic rings. The highest BCUT2D eigenvalue weighted by molar-refractivity contribution is 5.95. The minimum absolute atomic E-state index is 0.0276. The number of nitrogens with zero attached hydrogens (tertiary/aromatic N) is 5. The van der Waals surface area contributed by atoms with Gasteiger partial charge in [0.2, 0.25) is 5.91 Å². The number of nitrogens with two attached hydrogens (primary N) is 2. The number of rotatable bonds is 8. The highest BCUT2D eigenvalue weighted by Gasteiger charge is 2.24. The molecule has 1 unspecified atom stereocenters. The van der Waals surface area contributed by atoms with Crippen LogP contribution in [0.15, 0.2) is 42.5 Å². The lowest BCUT2D eigenvalue weighted by molar-refractivity contribution is -0.120. The van der Waals surface area contributed by atoms with E-state index < -0.39 is 11.9 Å². The van der Waals surface area contributed by atoms with Gasteiger partial charge >= 0.3 is 6.01 Å². The van der Waals surface area contributed by atoms with Crippen LogP contribution >= 0.6 is 0 Å². The van der Waals surface area contributed by atoms with Crippen molar-refractivity contribution in [2.24, 2.45) is 11.5 Å². The van der Waals surface area contributed by atoms with Gasteiger partial charge in [-0.2, -0.15) is 9.97 Å². The van der Waals surface area contributed by atoms with Crippen molar-refractivity contribution in [1.29, 1.82) is 5.41 Å². The number of amides is 2. The quantitative estimate of drug-likeness (QED) is 0.200. The highest BCUT2D eigenvalue weighted by atomic mass is 16.5. The third kappa shape index (κ3) is 5.02. The van der Waals surface area contributed by atoms with Gasteiger partial charge in [-0.3, -0.25) is 15.0 Å². The number of primary amides is 1. The zero-order chi connectivity index (χ0) is 27.7. The van der Waals surface area contributed by atoms with E-state index in [1.165, 1.54) is 27.7 Å². The van der Waals surface area contributed by atoms with Crippen molar-refractivity contribution < 1.29 is 24.2 Å². The molecule has 2 amide bonds. The average molecular weight is 519 g/mol. The number of ether oxygens (including phenoxy) is 2. The van der Waals surface area contributed by atoms with Crippen molar-refractivity contribution in [1.82, 2.24) is 24.4 Å². The minimum Gasteiger partial charge on any atom is -0.504 e. The number of benzene rings is 2. The molecule has 1 atom stereocenters. The predicted molar refractivity (Wildman–Crippen MR) is 138 cm³/mol. The van der Waals surface area contributed by atoms with E-state index >= 15 is 0 Å². The molecule has 2 aromatic heterocycles. The fraction of sp³-hybridized carbons (Fsp3) is 0.200. The molecule has 0 aliphatic carbocycles. The number of fused-ring (bicyclic) bond motifs is 1. The maximum absolute atomic E-state index is 12.4. The van der Waals surface area contributed by atoms with Crippen molar-refractivity contribution in [3.05, 3.63) is 59.4 Å². The summed E-state index contributed by atoms with van der Waals surface area (Å²) in [6, 6.07) is 9.57. The van der Waals surface area contributed by atoms with E-state index in [9.17, 15) is 14.7 Å². The second kappa shape index (κ2) is 10.0. The van der Waals surface area contributed by atoms with E-state index in [0.717, 1.165) is 0 Å². The minimum atomic E-state index is -0.814. The highest BCUT2D eigenvalue weighted by Crippen LogP contribution is 2.35. The molecular weight excluding hydrogens is 492 g/mol. The van der Waals surface area contributed by atoms with E-state index in [4.69, 9.17) is 26.4 Å². The van der Waals surface area contributed by atoms with Crippen molar-refractivity contribution in [2.75, 3.05) is 14.1 Å². The van der Waals surface area contributed by atoms with Crippen LogP contribution in [-0.4, -0.2) is 61.3 Å². The van der Waals surface area contributed by atoms with Crippen LogP contribution < -0.4 is 20.9 Å². The number of aromatic hydroxyl groups is 1. The number of nitrogen functional groups attached to an aromatic ring is 1. The lowest BCUT2D eigenvalue weighted by Crippen LogP contribution is -2.25. The molecule has 6 N–H and O–H groups in total. The molecular formula is C25H26N8O5. The zero-order valence-corrected chi connectivity index (χ0v) is 21.1. The molecule has 0 aliphatic rings. The molecule has 0 radical (unpaired) electrons. The largest absolute Gasteiger partial charge is 0.504 e. The van der Waals surface area contributed by atoms with E-state index in [-0.39, 0.29) is 46.3 Å². The van der Waals surface area contributed by atoms with E-state index in [1.807, 2.05) is 0 Å². The number of carbonyl (C=O) groups excluding carboxylic acids is 2. The molecule has 2 heterocycles. The first-order valence-corrected chi connectivity index (χ1v) is 11.4. The van der Waals surface area contributed by atoms with E-state index in [2.05, 4.69) is 15.0 Å². The lowest BCUT2D eigenvalue weighted by Gasteiger charge is -2.14. The fourth-order valence-corrected chi connectivity index (χ4v) is 3.67. The number of hydrogen-bond donors (Lipinski definition) is 4. The molecule has 13 heteroatoms. The molecule has 0 aliphatic heterocycles. The second-order valence-corrected chi connectivity index (χ2v) is 8.62. The molecule has 13 nitrogen and oxygen atoms in total. The summed E-state index contributed by atoms with van der Waals surface area (Å²) < 4.78 is 13.3. The number of carbonyl (C=O) groups is 2. The van der Waals surface area contributed by atoms with Crippen LogP contribution in [-0.2, 0) is 4.79 Å². The van der Waals surface area contributed by atoms with Gasteiger partial charge in [-0.1, -0.05) is 6.07 Å². The number of aryl methyl sites for hydroxylation is 1. The molecule has 0 fully saturated rings. The Kier molecular flexibility index (Phi) is 6.84. The summed E-state index contributed by atoms with van der Waals surface area (Å²) in [6.45, 7) is 3.27. The summed E-state index contributed by atoms with van der Waals surface area (Å²) in [4.78, 5) is 39.1. The maximum atomic E-state index is 12.4. The molecule has 2 aromatic carbocycles. The van der Waals surface area contributed by atoms with E-state index in [1.54, 1.807) is 52.2 Å². The summed E-state index contributed by atoms with van der Waals surface area (Å²) in [5.74, 6) is -0.688. The maximum Gasteiger partial charge on any atom is 0.327 e. The standard InChI is InChI=1S/C25H26N8O5/c1-12(21(28)35)33-13(2)29-19-22(33)30-25(38-18-11-14(20(26)27)8-9-17(18)34)31-23(19)37-16-7-5-6-15(10-16)24(36)32(3)4/h5-12,34H,1-4H3,(H3,26,27)(H2,28,35). The first-order valence-electron chi connectivity index (χ1n) is 11.4. The molecule has 0 bridgehead atoms. The molecule has 4 rings (SSSR count). The number of nitrogens with one attached hydrogen (secondary N) is 1. The second-order valence-electron chi connectivity index (χ2n) is 8.62. The summed E-state index contributed by atoms with van der Waals surface area (Å²) >= 11 is 0. The van der Waals surface area contributed by atoms with Crippen molar-refractivity contribution in [3.63, 3.8) is 0 Å². The van der Waals surface area contributed by atoms with Crippen LogP contribution in [0.25, 0.3) is 11.2 Å². The predicted octanol–water partition coefficient (Wildman–Crippen LogP) is 2.46. The van der Waals surface area contributed by atoms with E-state index in [0.29, 0.717) is 22.7 Å². The van der Waals surface area contributed by atoms with Crippen molar-refractivity contribution in [3.8, 4) is 29.1 Å². The third-order valence-corrected chi connectivity index (χ3v) is 5.64. The van der Waals surface area contributed by atoms with Crippen molar-refractivity contribution in [2.45, 2.75) is 19.9 Å². The average Bonchev–Trinajstić information content (AvgIpc) is 3.20. The van der Waals surface area contributed by atoms with Gasteiger partial charge < -0.3 is 35.5 Å². The Bertz CT molecular complexity index is 1580. The molecule has 0 saturated heterocycles. The molecule has 0 spiro atoms. The van der Waals surface area contributed by atoms with Gasteiger partial charge in [0.15, 0.2) is 22.7 Å².